The van der Waals surface area contributed by atoms with Crippen LogP contribution in [0, 0.1) is 0 Å². The van der Waals surface area contributed by atoms with E-state index in [0.717, 1.165) is 0 Å². The summed E-state index contributed by atoms with van der Waals surface area (Å²) in [5, 5.41) is 79.1. The van der Waals surface area contributed by atoms with Crippen molar-refractivity contribution < 1.29 is 50.3 Å². The van der Waals surface area contributed by atoms with Gasteiger partial charge >= 0.3 is 0 Å². The Balaban J connectivity index is 2.94. The summed E-state index contributed by atoms with van der Waals surface area (Å²) >= 11 is 9.03. The van der Waals surface area contributed by atoms with E-state index in [2.05, 4.69) is 12.6 Å². The maximum absolute atomic E-state index is 10.5. The molecule has 0 bridgehead atoms. The van der Waals surface area contributed by atoms with Crippen molar-refractivity contribution in [2.45, 2.75) is 68.5 Å². The molecule has 1 fully saturated rings. The van der Waals surface area contributed by atoms with Crippen LogP contribution in [0.25, 0.3) is 0 Å². The lowest BCUT2D eigenvalue weighted by Gasteiger charge is -2.42. The van der Waals surface area contributed by atoms with E-state index in [9.17, 15) is 40.9 Å². The molecule has 0 radical (unpaired) electrons. The van der Waals surface area contributed by atoms with E-state index in [4.69, 9.17) is 21.7 Å². The molecule has 172 valence electrons. The number of thiocarbonyl (C=S) groups is 1. The van der Waals surface area contributed by atoms with Gasteiger partial charge in [-0.2, -0.15) is 0 Å². The van der Waals surface area contributed by atoms with Gasteiger partial charge in [0.25, 0.3) is 0 Å². The maximum Gasteiger partial charge on any atom is 0.187 e. The molecule has 29 heavy (non-hydrogen) atoms. The Morgan fingerprint density at radius 2 is 1.72 bits per heavy atom. The third-order valence-corrected chi connectivity index (χ3v) is 5.15. The smallest absolute Gasteiger partial charge is 0.187 e. The van der Waals surface area contributed by atoms with Crippen molar-refractivity contribution in [3.05, 3.63) is 0 Å². The van der Waals surface area contributed by atoms with Crippen LogP contribution in [0.2, 0.25) is 0 Å². The van der Waals surface area contributed by atoms with Gasteiger partial charge in [0.1, 0.15) is 53.2 Å². The second-order valence-electron chi connectivity index (χ2n) is 6.83. The highest BCUT2D eigenvalue weighted by Gasteiger charge is 2.46. The minimum absolute atomic E-state index is 0.149. The highest BCUT2D eigenvalue weighted by molar-refractivity contribution is 8.10. The van der Waals surface area contributed by atoms with Gasteiger partial charge in [-0.15, -0.1) is 12.6 Å². The van der Waals surface area contributed by atoms with Crippen LogP contribution >= 0.6 is 24.8 Å². The van der Waals surface area contributed by atoms with Gasteiger partial charge in [-0.3, -0.25) is 0 Å². The molecule has 0 amide bonds. The predicted octanol–water partition coefficient (Wildman–Crippen LogP) is -3.83. The van der Waals surface area contributed by atoms with Gasteiger partial charge in [-0.25, -0.2) is 0 Å². The largest absolute Gasteiger partial charge is 0.394 e. The van der Waals surface area contributed by atoms with Gasteiger partial charge in [-0.1, -0.05) is 19.1 Å². The third kappa shape index (κ3) is 7.19. The van der Waals surface area contributed by atoms with E-state index < -0.39 is 68.3 Å². The molecule has 1 rings (SSSR count). The minimum Gasteiger partial charge on any atom is -0.394 e. The first kappa shape index (κ1) is 26.9. The van der Waals surface area contributed by atoms with Crippen LogP contribution in [0.3, 0.4) is 0 Å². The highest BCUT2D eigenvalue weighted by Crippen LogP contribution is 2.25. The van der Waals surface area contributed by atoms with E-state index >= 15 is 0 Å². The summed E-state index contributed by atoms with van der Waals surface area (Å²) in [5.74, 6) is 0. The Morgan fingerprint density at radius 3 is 2.21 bits per heavy atom. The topological polar surface area (TPSA) is 184 Å². The molecule has 9 atom stereocenters. The molecule has 1 aliphatic rings. The summed E-state index contributed by atoms with van der Waals surface area (Å²) in [6, 6.07) is 0. The summed E-state index contributed by atoms with van der Waals surface area (Å²) in [7, 11) is 0. The second-order valence-corrected chi connectivity index (χ2v) is 7.95. The number of nitrogens with zero attached hydrogens (tertiary/aromatic N) is 1. The van der Waals surface area contributed by atoms with Crippen molar-refractivity contribution in [1.29, 1.82) is 0 Å². The summed E-state index contributed by atoms with van der Waals surface area (Å²) in [5.41, 5.74) is 0. The number of thiol groups is 1. The highest BCUT2D eigenvalue weighted by atomic mass is 32.1. The molecule has 1 saturated heterocycles. The predicted molar refractivity (Wildman–Crippen MR) is 107 cm³/mol. The fraction of sp³-hybridized carbons (Fsp3) is 0.938. The third-order valence-electron chi connectivity index (χ3n) is 4.61. The monoisotopic (exact) mass is 461 g/mol. The van der Waals surface area contributed by atoms with Crippen LogP contribution in [0.1, 0.15) is 13.3 Å². The Morgan fingerprint density at radius 1 is 1.10 bits per heavy atom. The van der Waals surface area contributed by atoms with E-state index in [-0.39, 0.29) is 10.9 Å². The van der Waals surface area contributed by atoms with E-state index in [1.807, 2.05) is 6.92 Å². The lowest BCUT2D eigenvalue weighted by molar-refractivity contribution is -0.327. The number of hydrogen-bond acceptors (Lipinski definition) is 11. The molecule has 0 spiro atoms. The fourth-order valence-corrected chi connectivity index (χ4v) is 3.27. The van der Waals surface area contributed by atoms with Crippen molar-refractivity contribution in [2.24, 2.45) is 0 Å². The molecule has 11 nitrogen and oxygen atoms in total. The Kier molecular flexibility index (Phi) is 11.7. The van der Waals surface area contributed by atoms with Crippen molar-refractivity contribution in [1.82, 2.24) is 4.90 Å². The molecule has 8 N–H and O–H groups in total. The fourth-order valence-electron chi connectivity index (χ4n) is 2.93. The van der Waals surface area contributed by atoms with Crippen LogP contribution < -0.4 is 0 Å². The summed E-state index contributed by atoms with van der Waals surface area (Å²) in [6.45, 7) is 0.628. The van der Waals surface area contributed by atoms with Gasteiger partial charge in [0.2, 0.25) is 0 Å². The zero-order chi connectivity index (χ0) is 22.3. The van der Waals surface area contributed by atoms with Crippen molar-refractivity contribution in [3.8, 4) is 0 Å². The Hall–Kier alpha value is -0.160. The molecule has 0 unspecified atom stereocenters. The van der Waals surface area contributed by atoms with Crippen LogP contribution in [0.4, 0.5) is 0 Å². The number of aliphatic hydroxyl groups is 8. The van der Waals surface area contributed by atoms with Crippen LogP contribution in [-0.2, 0) is 9.47 Å². The molecule has 0 aromatic heterocycles. The quantitative estimate of drug-likeness (QED) is 0.108. The standard InChI is InChI=1S/C16H31NO10S2/c1-2-3-17(16(28)29)4-7(20)10(22)14(8(21)5-18)27-15-13(25)12(24)11(23)9(6-19)26-15/h7-15,18-25H,2-6H2,1H3,(H,28,29)/t7-,8+,9+,10+,11-,12-,13+,14+,15-/m0/s1. The number of aliphatic hydroxyl groups excluding tert-OH is 8. The number of rotatable bonds is 11. The molecule has 0 aliphatic carbocycles. The number of ether oxygens (including phenoxy) is 2. The van der Waals surface area contributed by atoms with Gasteiger partial charge in [-0.05, 0) is 6.42 Å². The van der Waals surface area contributed by atoms with Crippen LogP contribution in [-0.4, -0.2) is 131 Å². The summed E-state index contributed by atoms with van der Waals surface area (Å²) in [6.07, 6.45) is -14.0. The summed E-state index contributed by atoms with van der Waals surface area (Å²) in [4.78, 5) is 1.52. The first-order valence-corrected chi connectivity index (χ1v) is 10.0. The van der Waals surface area contributed by atoms with Crippen molar-refractivity contribution >= 4 is 29.2 Å². The van der Waals surface area contributed by atoms with E-state index in [1.54, 1.807) is 0 Å². The van der Waals surface area contributed by atoms with E-state index in [0.29, 0.717) is 13.0 Å². The van der Waals surface area contributed by atoms with Crippen molar-refractivity contribution in [2.75, 3.05) is 26.3 Å². The molecule has 0 aromatic carbocycles. The normalized spacial score (nSPS) is 31.7. The number of hydrogen-bond donors (Lipinski definition) is 9. The molecule has 0 aromatic rings. The van der Waals surface area contributed by atoms with Gasteiger partial charge < -0.3 is 55.2 Å². The molecular weight excluding hydrogens is 430 g/mol. The second kappa shape index (κ2) is 12.6. The lowest BCUT2D eigenvalue weighted by atomic mass is 9.98. The van der Waals surface area contributed by atoms with Crippen molar-refractivity contribution in [3.63, 3.8) is 0 Å². The van der Waals surface area contributed by atoms with Gasteiger partial charge in [0, 0.05) is 13.1 Å². The van der Waals surface area contributed by atoms with E-state index in [1.165, 1.54) is 4.90 Å². The van der Waals surface area contributed by atoms with Gasteiger partial charge in [0.15, 0.2) is 6.29 Å². The molecule has 1 heterocycles. The Bertz CT molecular complexity index is 502. The molecular formula is C16H31NO10S2. The summed E-state index contributed by atoms with van der Waals surface area (Å²) < 4.78 is 10.7. The molecule has 0 saturated carbocycles. The molecule has 1 aliphatic heterocycles. The van der Waals surface area contributed by atoms with Crippen LogP contribution in [0.5, 0.6) is 0 Å². The average Bonchev–Trinajstić information content (AvgIpc) is 2.70. The first-order chi connectivity index (χ1) is 13.6. The molecule has 13 heteroatoms. The average molecular weight is 462 g/mol. The SMILES string of the molecule is CCCN(C[C@H](O)[C@@H](O)[C@H](O[C@@H]1O[C@H](CO)[C@H](O)[C@H](O)[C@H]1O)[C@H](O)CO)C(=S)S. The Labute approximate surface area is 179 Å². The van der Waals surface area contributed by atoms with Crippen LogP contribution in [0.15, 0.2) is 0 Å². The zero-order valence-electron chi connectivity index (χ0n) is 15.9. The maximum atomic E-state index is 10.5. The zero-order valence-corrected chi connectivity index (χ0v) is 17.6. The minimum atomic E-state index is -1.79. The first-order valence-electron chi connectivity index (χ1n) is 9.17. The lowest BCUT2D eigenvalue weighted by Crippen LogP contribution is -2.61. The van der Waals surface area contributed by atoms with Gasteiger partial charge in [0.05, 0.1) is 13.2 Å².